The molecule has 0 bridgehead atoms. The summed E-state index contributed by atoms with van der Waals surface area (Å²) in [6.45, 7) is 6.16. The predicted octanol–water partition coefficient (Wildman–Crippen LogP) is 6.96. The maximum absolute atomic E-state index is 13.6. The third-order valence-electron chi connectivity index (χ3n) is 8.00. The minimum atomic E-state index is -0.881. The first kappa shape index (κ1) is 27.3. The molecule has 0 saturated heterocycles. The molecule has 1 aliphatic rings. The Morgan fingerprint density at radius 1 is 0.900 bits per heavy atom. The minimum Gasteiger partial charge on any atom is -0.508 e. The van der Waals surface area contributed by atoms with E-state index in [1.165, 1.54) is 6.07 Å². The van der Waals surface area contributed by atoms with E-state index in [-0.39, 0.29) is 41.4 Å². The molecule has 0 amide bonds. The number of hydrogen-bond acceptors (Lipinski definition) is 6. The molecule has 0 spiro atoms. The first-order valence-corrected chi connectivity index (χ1v) is 13.8. The Kier molecular flexibility index (Phi) is 7.08. The van der Waals surface area contributed by atoms with Crippen molar-refractivity contribution < 1.29 is 34.8 Å². The fourth-order valence-electron chi connectivity index (χ4n) is 5.93. The first-order valence-electron chi connectivity index (χ1n) is 13.8. The van der Waals surface area contributed by atoms with Crippen LogP contribution in [0.15, 0.2) is 42.5 Å². The zero-order valence-corrected chi connectivity index (χ0v) is 23.0. The minimum absolute atomic E-state index is 0.00142. The van der Waals surface area contributed by atoms with Gasteiger partial charge in [0.1, 0.15) is 23.0 Å². The van der Waals surface area contributed by atoms with Gasteiger partial charge in [0.15, 0.2) is 0 Å². The number of carboxylic acids is 1. The Hall–Kier alpha value is -4.26. The van der Waals surface area contributed by atoms with E-state index in [1.54, 1.807) is 6.07 Å². The zero-order chi connectivity index (χ0) is 28.8. The normalized spacial score (nSPS) is 13.8. The van der Waals surface area contributed by atoms with E-state index in [9.17, 15) is 24.9 Å². The van der Waals surface area contributed by atoms with Crippen LogP contribution < -0.4 is 4.74 Å². The predicted molar refractivity (Wildman–Crippen MR) is 154 cm³/mol. The lowest BCUT2D eigenvalue weighted by Gasteiger charge is -2.35. The summed E-state index contributed by atoms with van der Waals surface area (Å²) in [4.78, 5) is 24.7. The van der Waals surface area contributed by atoms with E-state index in [2.05, 4.69) is 13.0 Å². The number of carboxylic acid groups (broad SMARTS) is 1. The van der Waals surface area contributed by atoms with E-state index in [0.29, 0.717) is 34.1 Å². The number of rotatable bonds is 9. The second kappa shape index (κ2) is 10.4. The number of aliphatic carboxylic acids is 1. The highest BCUT2D eigenvalue weighted by Crippen LogP contribution is 2.51. The van der Waals surface area contributed by atoms with Crippen LogP contribution in [0.1, 0.15) is 85.5 Å². The highest BCUT2D eigenvalue weighted by atomic mass is 16.5. The second-order valence-electron chi connectivity index (χ2n) is 11.1. The van der Waals surface area contributed by atoms with Crippen molar-refractivity contribution in [2.75, 3.05) is 6.61 Å². The van der Waals surface area contributed by atoms with Crippen molar-refractivity contribution in [3.63, 3.8) is 0 Å². The first-order chi connectivity index (χ1) is 19.0. The molecule has 7 heteroatoms. The number of fused-ring (bicyclic) bond motifs is 5. The molecule has 208 valence electrons. The summed E-state index contributed by atoms with van der Waals surface area (Å²) in [5, 5.41) is 44.3. The molecule has 0 saturated carbocycles. The van der Waals surface area contributed by atoms with Gasteiger partial charge in [0.05, 0.1) is 17.7 Å². The number of hydrogen-bond donors (Lipinski definition) is 4. The van der Waals surface area contributed by atoms with Gasteiger partial charge in [-0.05, 0) is 71.0 Å². The number of aromatic hydroxyl groups is 3. The molecule has 1 aliphatic carbocycles. The summed E-state index contributed by atoms with van der Waals surface area (Å²) >= 11 is 0. The average molecular weight is 543 g/mol. The van der Waals surface area contributed by atoms with Crippen LogP contribution in [-0.2, 0) is 16.6 Å². The lowest BCUT2D eigenvalue weighted by atomic mass is 9.67. The van der Waals surface area contributed by atoms with Crippen molar-refractivity contribution in [1.82, 2.24) is 0 Å². The molecule has 0 radical (unpaired) electrons. The monoisotopic (exact) mass is 542 g/mol. The topological polar surface area (TPSA) is 124 Å². The van der Waals surface area contributed by atoms with E-state index in [4.69, 9.17) is 9.84 Å². The molecule has 0 heterocycles. The molecule has 0 aromatic heterocycles. The lowest BCUT2D eigenvalue weighted by molar-refractivity contribution is -0.137. The van der Waals surface area contributed by atoms with Gasteiger partial charge in [-0.3, -0.25) is 9.59 Å². The average Bonchev–Trinajstić information content (AvgIpc) is 2.89. The van der Waals surface area contributed by atoms with Gasteiger partial charge in [-0.2, -0.15) is 0 Å². The van der Waals surface area contributed by atoms with Crippen LogP contribution in [0, 0.1) is 0 Å². The molecule has 4 N–H and O–H groups in total. The van der Waals surface area contributed by atoms with Crippen molar-refractivity contribution in [3.05, 3.63) is 70.3 Å². The maximum atomic E-state index is 13.6. The SMILES string of the molecule is CCCCCc1cc(OCCCC(=O)O)c2c(ccc3c(O)c4c(cc32)C(C)(C)c2cc(O)cc(O)c2C4=O)c1. The summed E-state index contributed by atoms with van der Waals surface area (Å²) in [6.07, 6.45) is 4.49. The second-order valence-corrected chi connectivity index (χ2v) is 11.1. The van der Waals surface area contributed by atoms with E-state index in [1.807, 2.05) is 32.0 Å². The summed E-state index contributed by atoms with van der Waals surface area (Å²) in [5.41, 5.74) is 1.55. The van der Waals surface area contributed by atoms with Crippen LogP contribution in [0.5, 0.6) is 23.0 Å². The molecule has 4 aromatic carbocycles. The fourth-order valence-corrected chi connectivity index (χ4v) is 5.93. The smallest absolute Gasteiger partial charge is 0.303 e. The fraction of sp³-hybridized carbons (Fsp3) is 0.333. The van der Waals surface area contributed by atoms with Crippen molar-refractivity contribution in [2.24, 2.45) is 0 Å². The number of unbranched alkanes of at least 4 members (excludes halogenated alkanes) is 2. The highest BCUT2D eigenvalue weighted by molar-refractivity contribution is 6.21. The molecule has 4 aromatic rings. The van der Waals surface area contributed by atoms with E-state index < -0.39 is 17.2 Å². The van der Waals surface area contributed by atoms with Crippen LogP contribution >= 0.6 is 0 Å². The number of aryl methyl sites for hydroxylation is 1. The van der Waals surface area contributed by atoms with Crippen molar-refractivity contribution in [2.45, 2.75) is 64.7 Å². The van der Waals surface area contributed by atoms with Gasteiger partial charge in [-0.25, -0.2) is 0 Å². The van der Waals surface area contributed by atoms with Gasteiger partial charge in [0, 0.05) is 28.7 Å². The molecule has 0 aliphatic heterocycles. The summed E-state index contributed by atoms with van der Waals surface area (Å²) in [6, 6.07) is 12.3. The van der Waals surface area contributed by atoms with Gasteiger partial charge in [0.25, 0.3) is 0 Å². The molecule has 40 heavy (non-hydrogen) atoms. The molecule has 0 unspecified atom stereocenters. The number of ketones is 1. The van der Waals surface area contributed by atoms with Gasteiger partial charge in [0.2, 0.25) is 5.78 Å². The number of carbonyl (C=O) groups excluding carboxylic acids is 1. The molecule has 5 rings (SSSR count). The molecular weight excluding hydrogens is 508 g/mol. The third-order valence-corrected chi connectivity index (χ3v) is 8.00. The third kappa shape index (κ3) is 4.59. The van der Waals surface area contributed by atoms with Crippen LogP contribution in [0.2, 0.25) is 0 Å². The van der Waals surface area contributed by atoms with Crippen molar-refractivity contribution >= 4 is 33.3 Å². The Bertz CT molecular complexity index is 1670. The van der Waals surface area contributed by atoms with Crippen LogP contribution in [0.4, 0.5) is 0 Å². The van der Waals surface area contributed by atoms with Gasteiger partial charge in [-0.15, -0.1) is 0 Å². The van der Waals surface area contributed by atoms with Crippen LogP contribution in [-0.4, -0.2) is 38.8 Å². The standard InChI is InChI=1S/C33H34O7/c1-4-5-6-8-18-13-19-10-11-21-22(28(19)26(14-18)40-12-7-9-27(36)37)17-24-30(31(21)38)32(39)29-23(33(24,2)3)15-20(34)16-25(29)35/h10-11,13-17,34-35,38H,4-9,12H2,1-3H3,(H,36,37). The number of carbonyl (C=O) groups is 2. The zero-order valence-electron chi connectivity index (χ0n) is 23.0. The largest absolute Gasteiger partial charge is 0.508 e. The Labute approximate surface area is 232 Å². The van der Waals surface area contributed by atoms with Crippen LogP contribution in [0.3, 0.4) is 0 Å². The highest BCUT2D eigenvalue weighted by Gasteiger charge is 2.41. The quantitative estimate of drug-likeness (QED) is 0.133. The van der Waals surface area contributed by atoms with Gasteiger partial charge < -0.3 is 25.2 Å². The number of phenols is 3. The number of phenolic OH excluding ortho intramolecular Hbond substituents is 3. The Morgan fingerprint density at radius 2 is 1.65 bits per heavy atom. The Balaban J connectivity index is 1.74. The molecule has 0 fully saturated rings. The Morgan fingerprint density at radius 3 is 2.38 bits per heavy atom. The number of ether oxygens (including phenoxy) is 1. The van der Waals surface area contributed by atoms with Crippen molar-refractivity contribution in [3.8, 4) is 23.0 Å². The maximum Gasteiger partial charge on any atom is 0.303 e. The lowest BCUT2D eigenvalue weighted by Crippen LogP contribution is -2.30. The van der Waals surface area contributed by atoms with E-state index in [0.717, 1.165) is 48.1 Å². The van der Waals surface area contributed by atoms with Crippen molar-refractivity contribution in [1.29, 1.82) is 0 Å². The molecule has 0 atom stereocenters. The molecule has 7 nitrogen and oxygen atoms in total. The number of benzene rings is 4. The molecular formula is C33H34O7. The van der Waals surface area contributed by atoms with Gasteiger partial charge in [-0.1, -0.05) is 45.7 Å². The summed E-state index contributed by atoms with van der Waals surface area (Å²) < 4.78 is 6.19. The summed E-state index contributed by atoms with van der Waals surface area (Å²) in [5.74, 6) is -1.43. The summed E-state index contributed by atoms with van der Waals surface area (Å²) in [7, 11) is 0. The van der Waals surface area contributed by atoms with Crippen LogP contribution in [0.25, 0.3) is 21.5 Å². The van der Waals surface area contributed by atoms with Gasteiger partial charge >= 0.3 is 5.97 Å². The van der Waals surface area contributed by atoms with E-state index >= 15 is 0 Å².